The molecule has 0 amide bonds. The van der Waals surface area contributed by atoms with Gasteiger partial charge in [0, 0.05) is 12.8 Å². The van der Waals surface area contributed by atoms with Crippen molar-refractivity contribution in [3.05, 3.63) is 0 Å². The summed E-state index contributed by atoms with van der Waals surface area (Å²) in [5.74, 6) is -0.904. The van der Waals surface area contributed by atoms with E-state index in [9.17, 15) is 24.2 Å². The van der Waals surface area contributed by atoms with E-state index in [1.807, 2.05) is 0 Å². The van der Waals surface area contributed by atoms with Gasteiger partial charge in [0.2, 0.25) is 0 Å². The van der Waals surface area contributed by atoms with Gasteiger partial charge in [-0.3, -0.25) is 18.6 Å². The average molecular weight is 849 g/mol. The molecule has 0 aliphatic carbocycles. The van der Waals surface area contributed by atoms with Crippen molar-refractivity contribution in [2.24, 2.45) is 0 Å². The van der Waals surface area contributed by atoms with Crippen LogP contribution in [-0.2, 0) is 32.7 Å². The third-order valence-corrected chi connectivity index (χ3v) is 12.0. The van der Waals surface area contributed by atoms with Crippen LogP contribution in [0, 0.1) is 0 Å². The molecular formula is C47H93O10P. The monoisotopic (exact) mass is 849 g/mol. The van der Waals surface area contributed by atoms with E-state index in [2.05, 4.69) is 13.8 Å². The minimum Gasteiger partial charge on any atom is -0.462 e. The number of carbonyl (C=O) groups is 2. The van der Waals surface area contributed by atoms with Gasteiger partial charge < -0.3 is 24.6 Å². The SMILES string of the molecule is CCCCCCCCCCCCCCCCCCCCC(=O)OC(COC(=O)CCCCCCCCCCCCCCCCCCC)COP(=O)(O)OCC(O)CO. The first-order chi connectivity index (χ1) is 28.2. The number of rotatable bonds is 47. The van der Waals surface area contributed by atoms with Crippen LogP contribution in [0.2, 0.25) is 0 Å². The van der Waals surface area contributed by atoms with E-state index in [0.29, 0.717) is 12.8 Å². The molecule has 0 bridgehead atoms. The highest BCUT2D eigenvalue weighted by molar-refractivity contribution is 7.47. The van der Waals surface area contributed by atoms with Crippen LogP contribution in [0.1, 0.15) is 251 Å². The van der Waals surface area contributed by atoms with Crippen molar-refractivity contribution in [2.75, 3.05) is 26.4 Å². The van der Waals surface area contributed by atoms with Crippen molar-refractivity contribution in [2.45, 2.75) is 264 Å². The van der Waals surface area contributed by atoms with Gasteiger partial charge in [-0.1, -0.05) is 226 Å². The summed E-state index contributed by atoms with van der Waals surface area (Å²) < 4.78 is 32.8. The molecule has 0 aliphatic heterocycles. The molecular weight excluding hydrogens is 755 g/mol. The van der Waals surface area contributed by atoms with Crippen molar-refractivity contribution in [1.82, 2.24) is 0 Å². The van der Waals surface area contributed by atoms with Crippen LogP contribution in [0.3, 0.4) is 0 Å². The summed E-state index contributed by atoms with van der Waals surface area (Å²) >= 11 is 0. The Morgan fingerprint density at radius 1 is 0.448 bits per heavy atom. The van der Waals surface area contributed by atoms with Gasteiger partial charge in [0.05, 0.1) is 19.8 Å². The normalized spacial score (nSPS) is 13.7. The molecule has 0 aromatic carbocycles. The maximum atomic E-state index is 12.7. The fraction of sp³-hybridized carbons (Fsp3) is 0.957. The third kappa shape index (κ3) is 43.1. The molecule has 58 heavy (non-hydrogen) atoms. The minimum absolute atomic E-state index is 0.193. The summed E-state index contributed by atoms with van der Waals surface area (Å²) in [5.41, 5.74) is 0. The first-order valence-corrected chi connectivity index (χ1v) is 26.0. The van der Waals surface area contributed by atoms with Gasteiger partial charge in [-0.15, -0.1) is 0 Å². The molecule has 0 heterocycles. The Hall–Kier alpha value is -1.03. The molecule has 3 atom stereocenters. The van der Waals surface area contributed by atoms with E-state index in [1.54, 1.807) is 0 Å². The van der Waals surface area contributed by atoms with Crippen molar-refractivity contribution >= 4 is 19.8 Å². The maximum Gasteiger partial charge on any atom is 0.472 e. The molecule has 0 radical (unpaired) electrons. The number of aliphatic hydroxyl groups excluding tert-OH is 2. The second-order valence-corrected chi connectivity index (χ2v) is 18.3. The molecule has 0 spiro atoms. The number of phosphoric acid groups is 1. The lowest BCUT2D eigenvalue weighted by molar-refractivity contribution is -0.161. The van der Waals surface area contributed by atoms with Crippen LogP contribution < -0.4 is 0 Å². The summed E-state index contributed by atoms with van der Waals surface area (Å²) in [7, 11) is -4.61. The van der Waals surface area contributed by atoms with Crippen molar-refractivity contribution in [3.8, 4) is 0 Å². The zero-order valence-electron chi connectivity index (χ0n) is 37.8. The molecule has 0 saturated carbocycles. The van der Waals surface area contributed by atoms with Crippen molar-refractivity contribution < 1.29 is 47.8 Å². The molecule has 0 saturated heterocycles. The van der Waals surface area contributed by atoms with E-state index in [4.69, 9.17) is 23.6 Å². The molecule has 3 N–H and O–H groups in total. The molecule has 10 nitrogen and oxygen atoms in total. The topological polar surface area (TPSA) is 149 Å². The van der Waals surface area contributed by atoms with Crippen LogP contribution in [0.15, 0.2) is 0 Å². The number of phosphoric ester groups is 1. The van der Waals surface area contributed by atoms with Gasteiger partial charge in [-0.2, -0.15) is 0 Å². The number of hydrogen-bond acceptors (Lipinski definition) is 9. The summed E-state index contributed by atoms with van der Waals surface area (Å²) in [6, 6.07) is 0. The highest BCUT2D eigenvalue weighted by Crippen LogP contribution is 2.43. The van der Waals surface area contributed by atoms with Crippen LogP contribution in [0.5, 0.6) is 0 Å². The minimum atomic E-state index is -4.61. The van der Waals surface area contributed by atoms with Gasteiger partial charge in [-0.25, -0.2) is 4.57 Å². The van der Waals surface area contributed by atoms with E-state index in [-0.39, 0.29) is 19.4 Å². The van der Waals surface area contributed by atoms with Crippen LogP contribution >= 0.6 is 7.82 Å². The average Bonchev–Trinajstić information content (AvgIpc) is 3.21. The lowest BCUT2D eigenvalue weighted by Gasteiger charge is -2.20. The number of carbonyl (C=O) groups excluding carboxylic acids is 2. The molecule has 0 fully saturated rings. The molecule has 11 heteroatoms. The van der Waals surface area contributed by atoms with Gasteiger partial charge in [-0.05, 0) is 12.8 Å². The largest absolute Gasteiger partial charge is 0.472 e. The summed E-state index contributed by atoms with van der Waals surface area (Å²) in [6.45, 7) is 2.45. The Morgan fingerprint density at radius 2 is 0.741 bits per heavy atom. The van der Waals surface area contributed by atoms with Gasteiger partial charge >= 0.3 is 19.8 Å². The standard InChI is InChI=1S/C47H93O10P/c1-3-5-7-9-11-13-15-17-19-21-23-25-27-29-31-33-35-37-39-47(51)57-45(43-56-58(52,53)55-41-44(49)40-48)42-54-46(50)38-36-34-32-30-28-26-24-22-20-18-16-14-12-10-8-6-4-2/h44-45,48-49H,3-43H2,1-2H3,(H,52,53). The highest BCUT2D eigenvalue weighted by Gasteiger charge is 2.27. The second-order valence-electron chi connectivity index (χ2n) is 16.9. The third-order valence-electron chi connectivity index (χ3n) is 11.0. The molecule has 0 aromatic rings. The van der Waals surface area contributed by atoms with E-state index in [0.717, 1.165) is 32.1 Å². The number of unbranched alkanes of at least 4 members (excludes halogenated alkanes) is 33. The van der Waals surface area contributed by atoms with Gasteiger partial charge in [0.1, 0.15) is 12.7 Å². The molecule has 0 aliphatic rings. The lowest BCUT2D eigenvalue weighted by Crippen LogP contribution is -2.29. The Labute approximate surface area is 356 Å². The number of ether oxygens (including phenoxy) is 2. The second kappa shape index (κ2) is 44.0. The smallest absolute Gasteiger partial charge is 0.462 e. The first kappa shape index (κ1) is 57.0. The fourth-order valence-corrected chi connectivity index (χ4v) is 8.02. The molecule has 0 rings (SSSR count). The zero-order valence-corrected chi connectivity index (χ0v) is 38.7. The Kier molecular flexibility index (Phi) is 43.3. The maximum absolute atomic E-state index is 12.7. The highest BCUT2D eigenvalue weighted by atomic mass is 31.2. The Morgan fingerprint density at radius 3 is 1.07 bits per heavy atom. The Bertz CT molecular complexity index is 935. The van der Waals surface area contributed by atoms with Crippen LogP contribution in [0.25, 0.3) is 0 Å². The molecule has 0 aromatic heterocycles. The fourth-order valence-electron chi connectivity index (χ4n) is 7.23. The lowest BCUT2D eigenvalue weighted by atomic mass is 10.0. The zero-order chi connectivity index (χ0) is 42.6. The summed E-state index contributed by atoms with van der Waals surface area (Å²) in [6.07, 6.45) is 42.1. The van der Waals surface area contributed by atoms with E-state index >= 15 is 0 Å². The number of esters is 2. The number of aliphatic hydroxyl groups is 2. The van der Waals surface area contributed by atoms with E-state index < -0.39 is 51.8 Å². The molecule has 3 unspecified atom stereocenters. The summed E-state index contributed by atoms with van der Waals surface area (Å²) in [5, 5.41) is 18.4. The van der Waals surface area contributed by atoms with E-state index in [1.165, 1.54) is 180 Å². The van der Waals surface area contributed by atoms with Crippen LogP contribution in [-0.4, -0.2) is 65.7 Å². The first-order valence-electron chi connectivity index (χ1n) is 24.5. The quantitative estimate of drug-likeness (QED) is 0.0307. The van der Waals surface area contributed by atoms with Crippen molar-refractivity contribution in [1.29, 1.82) is 0 Å². The van der Waals surface area contributed by atoms with Crippen molar-refractivity contribution in [3.63, 3.8) is 0 Å². The van der Waals surface area contributed by atoms with Gasteiger partial charge in [0.25, 0.3) is 0 Å². The van der Waals surface area contributed by atoms with Crippen LogP contribution in [0.4, 0.5) is 0 Å². The van der Waals surface area contributed by atoms with Gasteiger partial charge in [0.15, 0.2) is 6.10 Å². The predicted octanol–water partition coefficient (Wildman–Crippen LogP) is 13.4. The summed E-state index contributed by atoms with van der Waals surface area (Å²) in [4.78, 5) is 35.1. The predicted molar refractivity (Wildman–Crippen MR) is 238 cm³/mol. The molecule has 346 valence electrons. The Balaban J connectivity index is 4.16. The number of hydrogen-bond donors (Lipinski definition) is 3.